The van der Waals surface area contributed by atoms with Crippen LogP contribution in [0.5, 0.6) is 0 Å². The number of nitrogens with one attached hydrogen (secondary N) is 2. The van der Waals surface area contributed by atoms with Gasteiger partial charge in [-0.1, -0.05) is 19.1 Å². The van der Waals surface area contributed by atoms with Gasteiger partial charge in [0.2, 0.25) is 0 Å². The van der Waals surface area contributed by atoms with Crippen LogP contribution in [0, 0.1) is 5.82 Å². The molecule has 0 bridgehead atoms. The molecular formula is C22H33FN6O. The Morgan fingerprint density at radius 2 is 1.97 bits per heavy atom. The molecule has 0 radical (unpaired) electrons. The quantitative estimate of drug-likeness (QED) is 0.616. The number of halogens is 1. The van der Waals surface area contributed by atoms with Gasteiger partial charge in [-0.15, -0.1) is 0 Å². The van der Waals surface area contributed by atoms with E-state index in [1.54, 1.807) is 18.3 Å². The maximum absolute atomic E-state index is 13.7. The zero-order valence-electron chi connectivity index (χ0n) is 18.0. The maximum atomic E-state index is 13.7. The third-order valence-corrected chi connectivity index (χ3v) is 5.67. The summed E-state index contributed by atoms with van der Waals surface area (Å²) in [6, 6.07) is 5.46. The maximum Gasteiger partial charge on any atom is 0.315 e. The van der Waals surface area contributed by atoms with Crippen molar-refractivity contribution in [2.24, 2.45) is 7.05 Å². The number of rotatable bonds is 9. The summed E-state index contributed by atoms with van der Waals surface area (Å²) in [5.74, 6) is 0.315. The lowest BCUT2D eigenvalue weighted by Gasteiger charge is -2.33. The van der Waals surface area contributed by atoms with E-state index < -0.39 is 6.04 Å². The van der Waals surface area contributed by atoms with E-state index >= 15 is 0 Å². The highest BCUT2D eigenvalue weighted by Gasteiger charge is 2.21. The van der Waals surface area contributed by atoms with E-state index in [0.29, 0.717) is 17.9 Å². The molecule has 2 aromatic rings. The molecule has 1 aromatic heterocycles. The number of benzene rings is 1. The molecule has 0 aliphatic carbocycles. The molecule has 8 heteroatoms. The third-order valence-electron chi connectivity index (χ3n) is 5.67. The molecule has 1 fully saturated rings. The largest absolute Gasteiger partial charge is 0.338 e. The van der Waals surface area contributed by atoms with Crippen LogP contribution in [0.15, 0.2) is 36.7 Å². The summed E-state index contributed by atoms with van der Waals surface area (Å²) in [7, 11) is 1.86. The molecule has 1 aliphatic heterocycles. The standard InChI is InChI=1S/C22H33FN6O/c1-3-28-13-15-29(16-14-28)11-5-4-9-25-22(30)26-20(21-24-10-12-27(21)2)18-7-6-8-19(23)17-18/h6-8,10,12,17,20H,3-5,9,11,13-16H2,1-2H3,(H2,25,26,30). The highest BCUT2D eigenvalue weighted by molar-refractivity contribution is 5.74. The lowest BCUT2D eigenvalue weighted by atomic mass is 10.1. The van der Waals surface area contributed by atoms with Crippen LogP contribution in [0.4, 0.5) is 9.18 Å². The topological polar surface area (TPSA) is 65.4 Å². The Bertz CT molecular complexity index is 802. The third kappa shape index (κ3) is 6.27. The summed E-state index contributed by atoms with van der Waals surface area (Å²) in [6.45, 7) is 9.55. The predicted molar refractivity (Wildman–Crippen MR) is 116 cm³/mol. The van der Waals surface area contributed by atoms with Crippen molar-refractivity contribution in [1.29, 1.82) is 0 Å². The number of nitrogens with zero attached hydrogens (tertiary/aromatic N) is 4. The van der Waals surface area contributed by atoms with E-state index in [9.17, 15) is 9.18 Å². The predicted octanol–water partition coefficient (Wildman–Crippen LogP) is 2.37. The Hall–Kier alpha value is -2.45. The van der Waals surface area contributed by atoms with Gasteiger partial charge in [0.05, 0.1) is 0 Å². The van der Waals surface area contributed by atoms with Crippen molar-refractivity contribution in [3.05, 3.63) is 53.9 Å². The van der Waals surface area contributed by atoms with Crippen molar-refractivity contribution >= 4 is 6.03 Å². The number of urea groups is 1. The number of aromatic nitrogens is 2. The number of carbonyl (C=O) groups is 1. The number of piperazine rings is 1. The average Bonchev–Trinajstić information content (AvgIpc) is 3.17. The van der Waals surface area contributed by atoms with E-state index in [0.717, 1.165) is 52.1 Å². The Morgan fingerprint density at radius 1 is 1.20 bits per heavy atom. The normalized spacial score (nSPS) is 16.4. The second kappa shape index (κ2) is 11.1. The zero-order chi connectivity index (χ0) is 21.3. The van der Waals surface area contributed by atoms with E-state index in [-0.39, 0.29) is 11.8 Å². The first-order valence-corrected chi connectivity index (χ1v) is 10.8. The molecule has 3 rings (SSSR count). The van der Waals surface area contributed by atoms with Gasteiger partial charge in [-0.05, 0) is 43.6 Å². The smallest absolute Gasteiger partial charge is 0.315 e. The van der Waals surface area contributed by atoms with Crippen molar-refractivity contribution in [1.82, 2.24) is 30.0 Å². The second-order valence-electron chi connectivity index (χ2n) is 7.77. The molecule has 30 heavy (non-hydrogen) atoms. The molecule has 0 spiro atoms. The van der Waals surface area contributed by atoms with Gasteiger partial charge in [0, 0.05) is 52.2 Å². The van der Waals surface area contributed by atoms with Gasteiger partial charge in [0.1, 0.15) is 17.7 Å². The minimum Gasteiger partial charge on any atom is -0.338 e. The number of aryl methyl sites for hydroxylation is 1. The molecule has 2 N–H and O–H groups in total. The van der Waals surface area contributed by atoms with Crippen LogP contribution in [0.25, 0.3) is 0 Å². The molecule has 2 heterocycles. The van der Waals surface area contributed by atoms with Gasteiger partial charge in [-0.3, -0.25) is 0 Å². The van der Waals surface area contributed by atoms with E-state index in [4.69, 9.17) is 0 Å². The van der Waals surface area contributed by atoms with Gasteiger partial charge in [0.25, 0.3) is 0 Å². The molecule has 2 amide bonds. The number of hydrogen-bond donors (Lipinski definition) is 2. The molecule has 1 atom stereocenters. The summed E-state index contributed by atoms with van der Waals surface area (Å²) >= 11 is 0. The lowest BCUT2D eigenvalue weighted by molar-refractivity contribution is 0.135. The number of hydrogen-bond acceptors (Lipinski definition) is 4. The first kappa shape index (κ1) is 22.2. The second-order valence-corrected chi connectivity index (χ2v) is 7.77. The van der Waals surface area contributed by atoms with Crippen molar-refractivity contribution in [3.8, 4) is 0 Å². The minimum atomic E-state index is -0.518. The monoisotopic (exact) mass is 416 g/mol. The first-order valence-electron chi connectivity index (χ1n) is 10.8. The Kier molecular flexibility index (Phi) is 8.21. The van der Waals surface area contributed by atoms with Gasteiger partial charge in [-0.25, -0.2) is 14.2 Å². The fraction of sp³-hybridized carbons (Fsp3) is 0.545. The molecule has 1 aromatic carbocycles. The first-order chi connectivity index (χ1) is 14.6. The van der Waals surface area contributed by atoms with Crippen molar-refractivity contribution in [3.63, 3.8) is 0 Å². The molecule has 7 nitrogen and oxygen atoms in total. The van der Waals surface area contributed by atoms with E-state index in [1.807, 2.05) is 17.8 Å². The highest BCUT2D eigenvalue weighted by Crippen LogP contribution is 2.21. The highest BCUT2D eigenvalue weighted by atomic mass is 19.1. The van der Waals surface area contributed by atoms with Crippen LogP contribution in [0.3, 0.4) is 0 Å². The summed E-state index contributed by atoms with van der Waals surface area (Å²) in [5, 5.41) is 5.86. The number of unbranched alkanes of at least 4 members (excludes halogenated alkanes) is 1. The molecule has 1 unspecified atom stereocenters. The summed E-state index contributed by atoms with van der Waals surface area (Å²) in [6.07, 6.45) is 5.45. The van der Waals surface area contributed by atoms with Gasteiger partial charge >= 0.3 is 6.03 Å². The number of imidazole rings is 1. The molecular weight excluding hydrogens is 383 g/mol. The Labute approximate surface area is 178 Å². The fourth-order valence-corrected chi connectivity index (χ4v) is 3.81. The summed E-state index contributed by atoms with van der Waals surface area (Å²) < 4.78 is 15.6. The van der Waals surface area contributed by atoms with Crippen LogP contribution < -0.4 is 10.6 Å². The average molecular weight is 417 g/mol. The Morgan fingerprint density at radius 3 is 2.63 bits per heavy atom. The molecule has 0 saturated carbocycles. The lowest BCUT2D eigenvalue weighted by Crippen LogP contribution is -2.46. The van der Waals surface area contributed by atoms with Crippen LogP contribution in [0.1, 0.15) is 37.2 Å². The van der Waals surface area contributed by atoms with Crippen LogP contribution >= 0.6 is 0 Å². The van der Waals surface area contributed by atoms with Gasteiger partial charge in [0.15, 0.2) is 0 Å². The van der Waals surface area contributed by atoms with Crippen LogP contribution in [0.2, 0.25) is 0 Å². The van der Waals surface area contributed by atoms with Crippen molar-refractivity contribution < 1.29 is 9.18 Å². The Balaban J connectivity index is 1.44. The van der Waals surface area contributed by atoms with E-state index in [2.05, 4.69) is 32.3 Å². The summed E-state index contributed by atoms with van der Waals surface area (Å²) in [5.41, 5.74) is 0.658. The van der Waals surface area contributed by atoms with Crippen LogP contribution in [-0.2, 0) is 7.05 Å². The number of likely N-dealkylation sites (N-methyl/N-ethyl adjacent to an activating group) is 1. The number of carbonyl (C=O) groups excluding carboxylic acids is 1. The molecule has 1 aliphatic rings. The molecule has 164 valence electrons. The zero-order valence-corrected chi connectivity index (χ0v) is 18.0. The minimum absolute atomic E-state index is 0.274. The fourth-order valence-electron chi connectivity index (χ4n) is 3.81. The van der Waals surface area contributed by atoms with Crippen molar-refractivity contribution in [2.75, 3.05) is 45.8 Å². The summed E-state index contributed by atoms with van der Waals surface area (Å²) in [4.78, 5) is 21.8. The van der Waals surface area contributed by atoms with Crippen molar-refractivity contribution in [2.45, 2.75) is 25.8 Å². The van der Waals surface area contributed by atoms with Gasteiger partial charge in [-0.2, -0.15) is 0 Å². The number of amides is 2. The van der Waals surface area contributed by atoms with Crippen LogP contribution in [-0.4, -0.2) is 71.2 Å². The van der Waals surface area contributed by atoms with Gasteiger partial charge < -0.3 is 25.0 Å². The molecule has 1 saturated heterocycles. The SMILES string of the molecule is CCN1CCN(CCCCNC(=O)NC(c2cccc(F)c2)c2nccn2C)CC1. The van der Waals surface area contributed by atoms with E-state index in [1.165, 1.54) is 12.1 Å².